The van der Waals surface area contributed by atoms with Gasteiger partial charge in [0.25, 0.3) is 5.91 Å². The lowest BCUT2D eigenvalue weighted by atomic mass is 10.1. The molecule has 1 N–H and O–H groups in total. The first-order valence-corrected chi connectivity index (χ1v) is 7.40. The number of carbonyl (C=O) groups excluding carboxylic acids is 1. The van der Waals surface area contributed by atoms with E-state index >= 15 is 0 Å². The van der Waals surface area contributed by atoms with Crippen molar-refractivity contribution < 1.29 is 19.1 Å². The molecule has 1 aromatic rings. The van der Waals surface area contributed by atoms with Crippen molar-refractivity contribution in [3.8, 4) is 0 Å². The highest BCUT2D eigenvalue weighted by Crippen LogP contribution is 2.18. The Labute approximate surface area is 130 Å². The van der Waals surface area contributed by atoms with Crippen molar-refractivity contribution in [1.82, 2.24) is 9.80 Å². The minimum absolute atomic E-state index is 0.0316. The highest BCUT2D eigenvalue weighted by atomic mass is 79.9. The Kier molecular flexibility index (Phi) is 4.95. The molecule has 2 rings (SSSR count). The maximum Gasteiger partial charge on any atom is 0.320 e. The van der Waals surface area contributed by atoms with E-state index in [1.807, 2.05) is 0 Å². The van der Waals surface area contributed by atoms with Crippen LogP contribution in [0.2, 0.25) is 0 Å². The summed E-state index contributed by atoms with van der Waals surface area (Å²) in [4.78, 5) is 26.6. The first-order valence-electron chi connectivity index (χ1n) is 6.61. The van der Waals surface area contributed by atoms with Gasteiger partial charge in [0.2, 0.25) is 0 Å². The normalized spacial score (nSPS) is 17.6. The number of amides is 1. The molecule has 0 aromatic heterocycles. The van der Waals surface area contributed by atoms with Crippen LogP contribution in [0, 0.1) is 5.82 Å². The molecule has 1 aliphatic rings. The Balaban J connectivity index is 2.03. The predicted molar refractivity (Wildman–Crippen MR) is 78.7 cm³/mol. The first kappa shape index (κ1) is 15.9. The van der Waals surface area contributed by atoms with Crippen molar-refractivity contribution in [2.24, 2.45) is 0 Å². The van der Waals surface area contributed by atoms with Gasteiger partial charge in [0.15, 0.2) is 0 Å². The van der Waals surface area contributed by atoms with Crippen molar-refractivity contribution >= 4 is 27.8 Å². The number of carbonyl (C=O) groups is 2. The average molecular weight is 359 g/mol. The summed E-state index contributed by atoms with van der Waals surface area (Å²) < 4.78 is 14.4. The van der Waals surface area contributed by atoms with Crippen LogP contribution in [0.4, 0.5) is 4.39 Å². The fourth-order valence-corrected chi connectivity index (χ4v) is 2.66. The number of carboxylic acids is 1. The second-order valence-electron chi connectivity index (χ2n) is 4.97. The van der Waals surface area contributed by atoms with Crippen LogP contribution >= 0.6 is 15.9 Å². The van der Waals surface area contributed by atoms with Crippen molar-refractivity contribution in [2.45, 2.75) is 13.0 Å². The van der Waals surface area contributed by atoms with Crippen LogP contribution in [0.1, 0.15) is 17.3 Å². The third-order valence-electron chi connectivity index (χ3n) is 3.67. The molecule has 1 amide bonds. The second-order valence-corrected chi connectivity index (χ2v) is 5.88. The molecule has 1 atom stereocenters. The first-order chi connectivity index (χ1) is 9.90. The van der Waals surface area contributed by atoms with E-state index < -0.39 is 17.8 Å². The zero-order valence-electron chi connectivity index (χ0n) is 11.6. The monoisotopic (exact) mass is 358 g/mol. The highest BCUT2D eigenvalue weighted by Gasteiger charge is 2.28. The quantitative estimate of drug-likeness (QED) is 0.895. The van der Waals surface area contributed by atoms with Crippen molar-refractivity contribution in [2.75, 3.05) is 26.2 Å². The molecule has 7 heteroatoms. The molecule has 0 bridgehead atoms. The van der Waals surface area contributed by atoms with Gasteiger partial charge in [-0.2, -0.15) is 0 Å². The van der Waals surface area contributed by atoms with Crippen LogP contribution in [-0.2, 0) is 4.79 Å². The Bertz CT molecular complexity index is 559. The van der Waals surface area contributed by atoms with E-state index in [9.17, 15) is 14.0 Å². The number of nitrogens with zero attached hydrogens (tertiary/aromatic N) is 2. The van der Waals surface area contributed by atoms with E-state index in [4.69, 9.17) is 5.11 Å². The Morgan fingerprint density at radius 1 is 1.29 bits per heavy atom. The number of hydrogen-bond donors (Lipinski definition) is 1. The molecule has 1 unspecified atom stereocenters. The number of rotatable bonds is 3. The molecule has 1 aliphatic heterocycles. The molecule has 114 valence electrons. The standard InChI is InChI=1S/C14H16BrFN2O3/c1-9(14(20)21)17-4-6-18(7-5-17)13(19)11-8-10(15)2-3-12(11)16/h2-3,8-9H,4-7H2,1H3,(H,20,21). The largest absolute Gasteiger partial charge is 0.480 e. The lowest BCUT2D eigenvalue weighted by Crippen LogP contribution is -2.53. The van der Waals surface area contributed by atoms with Crippen LogP contribution < -0.4 is 0 Å². The van der Waals surface area contributed by atoms with Gasteiger partial charge in [-0.25, -0.2) is 4.39 Å². The SMILES string of the molecule is CC(C(=O)O)N1CCN(C(=O)c2cc(Br)ccc2F)CC1. The Morgan fingerprint density at radius 3 is 2.48 bits per heavy atom. The Hall–Kier alpha value is -1.47. The van der Waals surface area contributed by atoms with Crippen LogP contribution in [0.15, 0.2) is 22.7 Å². The Morgan fingerprint density at radius 2 is 1.90 bits per heavy atom. The summed E-state index contributed by atoms with van der Waals surface area (Å²) in [6.45, 7) is 3.34. The summed E-state index contributed by atoms with van der Waals surface area (Å²) in [5, 5.41) is 8.98. The molecular weight excluding hydrogens is 343 g/mol. The third kappa shape index (κ3) is 3.59. The molecule has 21 heavy (non-hydrogen) atoms. The van der Waals surface area contributed by atoms with Gasteiger partial charge < -0.3 is 10.0 Å². The van der Waals surface area contributed by atoms with Gasteiger partial charge in [-0.05, 0) is 25.1 Å². The smallest absolute Gasteiger partial charge is 0.320 e. The number of halogens is 2. The highest BCUT2D eigenvalue weighted by molar-refractivity contribution is 9.10. The number of aliphatic carboxylic acids is 1. The van der Waals surface area contributed by atoms with Gasteiger partial charge >= 0.3 is 5.97 Å². The molecule has 0 radical (unpaired) electrons. The zero-order valence-corrected chi connectivity index (χ0v) is 13.1. The molecule has 1 saturated heterocycles. The summed E-state index contributed by atoms with van der Waals surface area (Å²) in [6, 6.07) is 3.67. The summed E-state index contributed by atoms with van der Waals surface area (Å²) in [7, 11) is 0. The van der Waals surface area contributed by atoms with Gasteiger partial charge in [-0.1, -0.05) is 15.9 Å². The van der Waals surface area contributed by atoms with Crippen LogP contribution in [0.5, 0.6) is 0 Å². The van der Waals surface area contributed by atoms with Gasteiger partial charge in [0.1, 0.15) is 11.9 Å². The maximum absolute atomic E-state index is 13.7. The van der Waals surface area contributed by atoms with Gasteiger partial charge in [0, 0.05) is 30.7 Å². The molecule has 0 spiro atoms. The predicted octanol–water partition coefficient (Wildman–Crippen LogP) is 1.82. The van der Waals surface area contributed by atoms with Crippen LogP contribution in [-0.4, -0.2) is 59.0 Å². The molecule has 0 aliphatic carbocycles. The molecule has 1 fully saturated rings. The summed E-state index contributed by atoms with van der Waals surface area (Å²) in [5.74, 6) is -1.80. The van der Waals surface area contributed by atoms with Gasteiger partial charge in [0.05, 0.1) is 5.56 Å². The lowest BCUT2D eigenvalue weighted by molar-refractivity contribution is -0.143. The van der Waals surface area contributed by atoms with E-state index in [0.717, 1.165) is 0 Å². The summed E-state index contributed by atoms with van der Waals surface area (Å²) in [5.41, 5.74) is 0.0316. The fraction of sp³-hybridized carbons (Fsp3) is 0.429. The molecule has 1 aromatic carbocycles. The third-order valence-corrected chi connectivity index (χ3v) is 4.16. The number of benzene rings is 1. The minimum Gasteiger partial charge on any atom is -0.480 e. The molecule has 0 saturated carbocycles. The number of piperazine rings is 1. The van der Waals surface area contributed by atoms with Crippen molar-refractivity contribution in [1.29, 1.82) is 0 Å². The zero-order chi connectivity index (χ0) is 15.6. The molecule has 1 heterocycles. The minimum atomic E-state index is -0.882. The van der Waals surface area contributed by atoms with E-state index in [2.05, 4.69) is 15.9 Å². The van der Waals surface area contributed by atoms with Crippen LogP contribution in [0.25, 0.3) is 0 Å². The average Bonchev–Trinajstić information content (AvgIpc) is 2.48. The van der Waals surface area contributed by atoms with E-state index in [0.29, 0.717) is 30.7 Å². The fourth-order valence-electron chi connectivity index (χ4n) is 2.30. The lowest BCUT2D eigenvalue weighted by Gasteiger charge is -2.36. The topological polar surface area (TPSA) is 60.9 Å². The number of hydrogen-bond acceptors (Lipinski definition) is 3. The van der Waals surface area contributed by atoms with Gasteiger partial charge in [-0.3, -0.25) is 14.5 Å². The second kappa shape index (κ2) is 6.53. The van der Waals surface area contributed by atoms with Crippen molar-refractivity contribution in [3.63, 3.8) is 0 Å². The number of carboxylic acid groups (broad SMARTS) is 1. The van der Waals surface area contributed by atoms with E-state index in [1.165, 1.54) is 12.1 Å². The van der Waals surface area contributed by atoms with Crippen LogP contribution in [0.3, 0.4) is 0 Å². The van der Waals surface area contributed by atoms with E-state index in [-0.39, 0.29) is 11.5 Å². The summed E-state index contributed by atoms with van der Waals surface area (Å²) in [6.07, 6.45) is 0. The maximum atomic E-state index is 13.7. The van der Waals surface area contributed by atoms with E-state index in [1.54, 1.807) is 22.8 Å². The molecule has 5 nitrogen and oxygen atoms in total. The van der Waals surface area contributed by atoms with Gasteiger partial charge in [-0.15, -0.1) is 0 Å². The molecular formula is C14H16BrFN2O3. The van der Waals surface area contributed by atoms with Crippen molar-refractivity contribution in [3.05, 3.63) is 34.1 Å². The summed E-state index contributed by atoms with van der Waals surface area (Å²) >= 11 is 3.22.